The Hall–Kier alpha value is -1.40. The van der Waals surface area contributed by atoms with Crippen molar-refractivity contribution in [2.75, 3.05) is 40.4 Å². The molecule has 0 bridgehead atoms. The lowest BCUT2D eigenvalue weighted by Crippen LogP contribution is -2.45. The second kappa shape index (κ2) is 7.56. The minimum absolute atomic E-state index is 0.205. The Morgan fingerprint density at radius 3 is 2.48 bits per heavy atom. The summed E-state index contributed by atoms with van der Waals surface area (Å²) >= 11 is 0. The van der Waals surface area contributed by atoms with Gasteiger partial charge in [0.1, 0.15) is 0 Å². The van der Waals surface area contributed by atoms with Crippen molar-refractivity contribution in [1.82, 2.24) is 10.2 Å². The van der Waals surface area contributed by atoms with Gasteiger partial charge in [-0.15, -0.1) is 0 Å². The standard InChI is InChI=1S/C15H22F2N2O2/c1-20-13-5-3-4-11(15(13)21-2)12(10-14(16)17)19-8-6-18-7-9-19/h3-5,12,14,18H,6-10H2,1-2H3/t12-/m0/s1. The van der Waals surface area contributed by atoms with Crippen molar-refractivity contribution >= 4 is 0 Å². The molecule has 1 N–H and O–H groups in total. The Morgan fingerprint density at radius 1 is 1.19 bits per heavy atom. The van der Waals surface area contributed by atoms with Gasteiger partial charge in [0.05, 0.1) is 14.2 Å². The molecule has 1 heterocycles. The van der Waals surface area contributed by atoms with E-state index in [1.807, 2.05) is 12.1 Å². The van der Waals surface area contributed by atoms with Crippen LogP contribution >= 0.6 is 0 Å². The number of para-hydroxylation sites is 1. The van der Waals surface area contributed by atoms with Crippen molar-refractivity contribution in [1.29, 1.82) is 0 Å². The van der Waals surface area contributed by atoms with Gasteiger partial charge in [0.25, 0.3) is 0 Å². The zero-order valence-corrected chi connectivity index (χ0v) is 12.4. The van der Waals surface area contributed by atoms with E-state index in [1.165, 1.54) is 0 Å². The lowest BCUT2D eigenvalue weighted by Gasteiger charge is -2.35. The molecular weight excluding hydrogens is 278 g/mol. The smallest absolute Gasteiger partial charge is 0.240 e. The van der Waals surface area contributed by atoms with Gasteiger partial charge in [-0.25, -0.2) is 8.78 Å². The molecule has 0 unspecified atom stereocenters. The number of ether oxygens (including phenoxy) is 2. The fourth-order valence-corrected chi connectivity index (χ4v) is 2.81. The highest BCUT2D eigenvalue weighted by molar-refractivity contribution is 5.48. The summed E-state index contributed by atoms with van der Waals surface area (Å²) in [4.78, 5) is 2.08. The maximum absolute atomic E-state index is 13.0. The van der Waals surface area contributed by atoms with Crippen molar-refractivity contribution in [3.05, 3.63) is 23.8 Å². The maximum Gasteiger partial charge on any atom is 0.240 e. The third-order valence-electron chi connectivity index (χ3n) is 3.79. The first-order valence-electron chi connectivity index (χ1n) is 7.11. The number of nitrogens with one attached hydrogen (secondary N) is 1. The Balaban J connectivity index is 2.35. The molecule has 1 aromatic rings. The van der Waals surface area contributed by atoms with E-state index in [9.17, 15) is 8.78 Å². The quantitative estimate of drug-likeness (QED) is 0.874. The first kappa shape index (κ1) is 16.0. The molecule has 2 rings (SSSR count). The summed E-state index contributed by atoms with van der Waals surface area (Å²) < 4.78 is 36.7. The lowest BCUT2D eigenvalue weighted by molar-refractivity contribution is 0.0727. The summed E-state index contributed by atoms with van der Waals surface area (Å²) in [5.41, 5.74) is 0.763. The molecule has 0 amide bonds. The van der Waals surface area contributed by atoms with E-state index in [0.29, 0.717) is 11.5 Å². The number of methoxy groups -OCH3 is 2. The molecule has 1 fully saturated rings. The van der Waals surface area contributed by atoms with Crippen LogP contribution in [-0.4, -0.2) is 51.7 Å². The Kier molecular flexibility index (Phi) is 5.76. The van der Waals surface area contributed by atoms with Gasteiger partial charge >= 0.3 is 0 Å². The molecule has 1 saturated heterocycles. The SMILES string of the molecule is COc1cccc([C@H](CC(F)F)N2CCNCC2)c1OC. The van der Waals surface area contributed by atoms with Crippen LogP contribution in [-0.2, 0) is 0 Å². The average molecular weight is 300 g/mol. The zero-order valence-electron chi connectivity index (χ0n) is 12.4. The topological polar surface area (TPSA) is 33.7 Å². The van der Waals surface area contributed by atoms with Crippen LogP contribution in [0.3, 0.4) is 0 Å². The first-order chi connectivity index (χ1) is 10.2. The van der Waals surface area contributed by atoms with Crippen molar-refractivity contribution in [3.63, 3.8) is 0 Å². The van der Waals surface area contributed by atoms with Gasteiger partial charge < -0.3 is 14.8 Å². The number of piperazine rings is 1. The first-order valence-corrected chi connectivity index (χ1v) is 7.11. The fraction of sp³-hybridized carbons (Fsp3) is 0.600. The molecular formula is C15H22F2N2O2. The van der Waals surface area contributed by atoms with Crippen LogP contribution in [0.25, 0.3) is 0 Å². The average Bonchev–Trinajstić information content (AvgIpc) is 2.52. The molecule has 1 aliphatic rings. The monoisotopic (exact) mass is 300 g/mol. The highest BCUT2D eigenvalue weighted by Crippen LogP contribution is 2.39. The predicted molar refractivity (Wildman–Crippen MR) is 77.4 cm³/mol. The molecule has 1 atom stereocenters. The molecule has 21 heavy (non-hydrogen) atoms. The van der Waals surface area contributed by atoms with Gasteiger partial charge in [0, 0.05) is 44.2 Å². The highest BCUT2D eigenvalue weighted by atomic mass is 19.3. The molecule has 0 spiro atoms. The van der Waals surface area contributed by atoms with E-state index in [0.717, 1.165) is 31.7 Å². The zero-order chi connectivity index (χ0) is 15.2. The molecule has 6 heteroatoms. The Bertz CT molecular complexity index is 451. The van der Waals surface area contributed by atoms with E-state index in [-0.39, 0.29) is 12.5 Å². The van der Waals surface area contributed by atoms with Crippen molar-refractivity contribution in [3.8, 4) is 11.5 Å². The van der Waals surface area contributed by atoms with Crippen LogP contribution in [0.5, 0.6) is 11.5 Å². The van der Waals surface area contributed by atoms with Crippen molar-refractivity contribution in [2.45, 2.75) is 18.9 Å². The van der Waals surface area contributed by atoms with Crippen molar-refractivity contribution in [2.24, 2.45) is 0 Å². The number of halogens is 2. The largest absolute Gasteiger partial charge is 0.493 e. The molecule has 0 radical (unpaired) electrons. The van der Waals surface area contributed by atoms with Crippen LogP contribution in [0.2, 0.25) is 0 Å². The lowest BCUT2D eigenvalue weighted by atomic mass is 9.99. The molecule has 118 valence electrons. The Labute approximate surface area is 124 Å². The summed E-state index contributed by atoms with van der Waals surface area (Å²) in [5, 5.41) is 3.24. The van der Waals surface area contributed by atoms with Gasteiger partial charge in [0.2, 0.25) is 6.43 Å². The summed E-state index contributed by atoms with van der Waals surface area (Å²) in [5.74, 6) is 1.12. The highest BCUT2D eigenvalue weighted by Gasteiger charge is 2.28. The number of hydrogen-bond donors (Lipinski definition) is 1. The number of benzene rings is 1. The summed E-state index contributed by atoms with van der Waals surface area (Å²) in [6.45, 7) is 3.12. The summed E-state index contributed by atoms with van der Waals surface area (Å²) in [7, 11) is 3.09. The van der Waals surface area contributed by atoms with Gasteiger partial charge in [-0.05, 0) is 6.07 Å². The third kappa shape index (κ3) is 3.83. The summed E-state index contributed by atoms with van der Waals surface area (Å²) in [6, 6.07) is 5.07. The second-order valence-electron chi connectivity index (χ2n) is 5.01. The second-order valence-corrected chi connectivity index (χ2v) is 5.01. The molecule has 4 nitrogen and oxygen atoms in total. The maximum atomic E-state index is 13.0. The van der Waals surface area contributed by atoms with E-state index < -0.39 is 6.43 Å². The minimum atomic E-state index is -2.36. The summed E-state index contributed by atoms with van der Waals surface area (Å²) in [6.07, 6.45) is -2.57. The molecule has 1 aromatic carbocycles. The fourth-order valence-electron chi connectivity index (χ4n) is 2.81. The number of alkyl halides is 2. The molecule has 1 aliphatic heterocycles. The van der Waals surface area contributed by atoms with E-state index in [1.54, 1.807) is 20.3 Å². The predicted octanol–water partition coefficient (Wildman–Crippen LogP) is 2.31. The number of nitrogens with zero attached hydrogens (tertiary/aromatic N) is 1. The van der Waals surface area contributed by atoms with Crippen LogP contribution in [0.1, 0.15) is 18.0 Å². The third-order valence-corrected chi connectivity index (χ3v) is 3.79. The van der Waals surface area contributed by atoms with Crippen LogP contribution in [0, 0.1) is 0 Å². The van der Waals surface area contributed by atoms with E-state index in [2.05, 4.69) is 10.2 Å². The van der Waals surface area contributed by atoms with Gasteiger partial charge in [-0.1, -0.05) is 12.1 Å². The van der Waals surface area contributed by atoms with Gasteiger partial charge in [-0.3, -0.25) is 4.90 Å². The molecule has 0 aliphatic carbocycles. The van der Waals surface area contributed by atoms with Crippen molar-refractivity contribution < 1.29 is 18.3 Å². The van der Waals surface area contributed by atoms with Crippen LogP contribution < -0.4 is 14.8 Å². The van der Waals surface area contributed by atoms with Crippen LogP contribution in [0.4, 0.5) is 8.78 Å². The van der Waals surface area contributed by atoms with E-state index in [4.69, 9.17) is 9.47 Å². The normalized spacial score (nSPS) is 17.8. The number of hydrogen-bond acceptors (Lipinski definition) is 4. The molecule has 0 saturated carbocycles. The minimum Gasteiger partial charge on any atom is -0.493 e. The van der Waals surface area contributed by atoms with Gasteiger partial charge in [-0.2, -0.15) is 0 Å². The number of rotatable bonds is 6. The Morgan fingerprint density at radius 2 is 1.90 bits per heavy atom. The van der Waals surface area contributed by atoms with E-state index >= 15 is 0 Å². The van der Waals surface area contributed by atoms with Gasteiger partial charge in [0.15, 0.2) is 11.5 Å². The van der Waals surface area contributed by atoms with Crippen LogP contribution in [0.15, 0.2) is 18.2 Å². The molecule has 0 aromatic heterocycles.